The van der Waals surface area contributed by atoms with Gasteiger partial charge in [-0.25, -0.2) is 0 Å². The summed E-state index contributed by atoms with van der Waals surface area (Å²) in [6, 6.07) is 5.69. The zero-order chi connectivity index (χ0) is 13.4. The van der Waals surface area contributed by atoms with E-state index in [0.29, 0.717) is 13.2 Å². The first-order valence-corrected chi connectivity index (χ1v) is 6.75. The van der Waals surface area contributed by atoms with Crippen molar-refractivity contribution < 1.29 is 9.53 Å². The van der Waals surface area contributed by atoms with Gasteiger partial charge in [0.2, 0.25) is 5.91 Å². The molecule has 1 aromatic rings. The van der Waals surface area contributed by atoms with Crippen molar-refractivity contribution in [2.24, 2.45) is 0 Å². The SMILES string of the molecule is CCCNCC(=O)Nc1cccc(Br)c1COC. The van der Waals surface area contributed by atoms with Gasteiger partial charge in [-0.2, -0.15) is 0 Å². The van der Waals surface area contributed by atoms with Gasteiger partial charge in [0.05, 0.1) is 13.2 Å². The van der Waals surface area contributed by atoms with E-state index in [1.54, 1.807) is 7.11 Å². The number of carbonyl (C=O) groups is 1. The van der Waals surface area contributed by atoms with Gasteiger partial charge in [-0.3, -0.25) is 4.79 Å². The molecule has 0 bridgehead atoms. The Morgan fingerprint density at radius 3 is 2.89 bits per heavy atom. The lowest BCUT2D eigenvalue weighted by atomic mass is 10.2. The third-order valence-electron chi connectivity index (χ3n) is 2.39. The van der Waals surface area contributed by atoms with Crippen molar-refractivity contribution in [2.45, 2.75) is 20.0 Å². The van der Waals surface area contributed by atoms with E-state index in [-0.39, 0.29) is 5.91 Å². The Kier molecular flexibility index (Phi) is 6.93. The number of rotatable bonds is 7. The Hall–Kier alpha value is -0.910. The van der Waals surface area contributed by atoms with Gasteiger partial charge in [0.25, 0.3) is 0 Å². The van der Waals surface area contributed by atoms with Crippen molar-refractivity contribution in [1.29, 1.82) is 0 Å². The molecule has 2 N–H and O–H groups in total. The lowest BCUT2D eigenvalue weighted by Gasteiger charge is -2.12. The van der Waals surface area contributed by atoms with Crippen LogP contribution < -0.4 is 10.6 Å². The number of hydrogen-bond donors (Lipinski definition) is 2. The minimum Gasteiger partial charge on any atom is -0.380 e. The van der Waals surface area contributed by atoms with E-state index in [1.165, 1.54) is 0 Å². The van der Waals surface area contributed by atoms with Crippen molar-refractivity contribution >= 4 is 27.5 Å². The summed E-state index contributed by atoms with van der Waals surface area (Å²) in [4.78, 5) is 11.7. The highest BCUT2D eigenvalue weighted by Gasteiger charge is 2.09. The van der Waals surface area contributed by atoms with Crippen molar-refractivity contribution in [3.8, 4) is 0 Å². The maximum Gasteiger partial charge on any atom is 0.238 e. The maximum atomic E-state index is 11.7. The molecule has 0 aromatic heterocycles. The summed E-state index contributed by atoms with van der Waals surface area (Å²) < 4.78 is 6.07. The fourth-order valence-corrected chi connectivity index (χ4v) is 2.02. The summed E-state index contributed by atoms with van der Waals surface area (Å²) in [7, 11) is 1.63. The average Bonchev–Trinajstić information content (AvgIpc) is 2.34. The van der Waals surface area contributed by atoms with Crippen LogP contribution in [-0.4, -0.2) is 26.1 Å². The minimum absolute atomic E-state index is 0.0427. The largest absolute Gasteiger partial charge is 0.380 e. The van der Waals surface area contributed by atoms with Crippen LogP contribution in [0.4, 0.5) is 5.69 Å². The van der Waals surface area contributed by atoms with E-state index in [2.05, 4.69) is 33.5 Å². The number of hydrogen-bond acceptors (Lipinski definition) is 3. The van der Waals surface area contributed by atoms with Crippen LogP contribution in [0.25, 0.3) is 0 Å². The van der Waals surface area contributed by atoms with Crippen molar-refractivity contribution in [1.82, 2.24) is 5.32 Å². The summed E-state index contributed by atoms with van der Waals surface area (Å²) >= 11 is 3.45. The van der Waals surface area contributed by atoms with Gasteiger partial charge in [-0.05, 0) is 25.1 Å². The fourth-order valence-electron chi connectivity index (χ4n) is 1.54. The van der Waals surface area contributed by atoms with Crippen LogP contribution in [0.3, 0.4) is 0 Å². The Morgan fingerprint density at radius 2 is 2.22 bits per heavy atom. The molecule has 5 heteroatoms. The van der Waals surface area contributed by atoms with Crippen LogP contribution in [-0.2, 0) is 16.1 Å². The molecule has 0 aliphatic rings. The monoisotopic (exact) mass is 314 g/mol. The van der Waals surface area contributed by atoms with Crippen LogP contribution in [0.5, 0.6) is 0 Å². The molecule has 0 heterocycles. The van der Waals surface area contributed by atoms with Gasteiger partial charge in [-0.1, -0.05) is 28.9 Å². The number of ether oxygens (including phenoxy) is 1. The summed E-state index contributed by atoms with van der Waals surface area (Å²) in [5.41, 5.74) is 1.73. The Labute approximate surface area is 116 Å². The van der Waals surface area contributed by atoms with Gasteiger partial charge >= 0.3 is 0 Å². The quantitative estimate of drug-likeness (QED) is 0.760. The Balaban J connectivity index is 2.65. The molecule has 0 aliphatic carbocycles. The second-order valence-corrected chi connectivity index (χ2v) is 4.78. The molecule has 1 rings (SSSR count). The van der Waals surface area contributed by atoms with Gasteiger partial charge in [0.1, 0.15) is 0 Å². The molecule has 1 aromatic carbocycles. The molecule has 0 spiro atoms. The molecular formula is C13H19BrN2O2. The number of carbonyl (C=O) groups excluding carboxylic acids is 1. The molecule has 0 saturated carbocycles. The number of methoxy groups -OCH3 is 1. The minimum atomic E-state index is -0.0427. The third kappa shape index (κ3) is 4.76. The lowest BCUT2D eigenvalue weighted by molar-refractivity contribution is -0.115. The second-order valence-electron chi connectivity index (χ2n) is 3.92. The smallest absolute Gasteiger partial charge is 0.238 e. The Morgan fingerprint density at radius 1 is 1.44 bits per heavy atom. The lowest BCUT2D eigenvalue weighted by Crippen LogP contribution is -2.28. The molecular weight excluding hydrogens is 296 g/mol. The number of nitrogens with one attached hydrogen (secondary N) is 2. The number of anilines is 1. The molecule has 0 radical (unpaired) electrons. The van der Waals surface area contributed by atoms with Crippen LogP contribution in [0, 0.1) is 0 Å². The molecule has 0 fully saturated rings. The van der Waals surface area contributed by atoms with Gasteiger partial charge in [0.15, 0.2) is 0 Å². The van der Waals surface area contributed by atoms with E-state index < -0.39 is 0 Å². The van der Waals surface area contributed by atoms with Crippen LogP contribution in [0.1, 0.15) is 18.9 Å². The van der Waals surface area contributed by atoms with Crippen molar-refractivity contribution in [3.63, 3.8) is 0 Å². The molecule has 0 unspecified atom stereocenters. The van der Waals surface area contributed by atoms with E-state index in [9.17, 15) is 4.79 Å². The first kappa shape index (κ1) is 15.1. The predicted octanol–water partition coefficient (Wildman–Crippen LogP) is 2.53. The van der Waals surface area contributed by atoms with Crippen LogP contribution in [0.2, 0.25) is 0 Å². The summed E-state index contributed by atoms with van der Waals surface area (Å²) in [5.74, 6) is -0.0427. The fraction of sp³-hybridized carbons (Fsp3) is 0.462. The highest BCUT2D eigenvalue weighted by atomic mass is 79.9. The predicted molar refractivity (Wildman–Crippen MR) is 76.6 cm³/mol. The molecule has 4 nitrogen and oxygen atoms in total. The standard InChI is InChI=1S/C13H19BrN2O2/c1-3-7-15-8-13(17)16-12-6-4-5-11(14)10(12)9-18-2/h4-6,15H,3,7-9H2,1-2H3,(H,16,17). The zero-order valence-corrected chi connectivity index (χ0v) is 12.3. The van der Waals surface area contributed by atoms with E-state index in [0.717, 1.165) is 28.7 Å². The summed E-state index contributed by atoms with van der Waals surface area (Å²) in [5, 5.41) is 5.95. The van der Waals surface area contributed by atoms with E-state index in [4.69, 9.17) is 4.74 Å². The van der Waals surface area contributed by atoms with Gasteiger partial charge < -0.3 is 15.4 Å². The van der Waals surface area contributed by atoms with Crippen molar-refractivity contribution in [3.05, 3.63) is 28.2 Å². The first-order valence-electron chi connectivity index (χ1n) is 5.96. The third-order valence-corrected chi connectivity index (χ3v) is 3.14. The first-order chi connectivity index (χ1) is 8.69. The number of halogens is 1. The number of amides is 1. The molecule has 1 amide bonds. The summed E-state index contributed by atoms with van der Waals surface area (Å²) in [6.45, 7) is 3.69. The highest BCUT2D eigenvalue weighted by molar-refractivity contribution is 9.10. The second kappa shape index (κ2) is 8.24. The normalized spacial score (nSPS) is 10.4. The Bertz CT molecular complexity index is 397. The molecule has 0 atom stereocenters. The molecule has 0 aliphatic heterocycles. The highest BCUT2D eigenvalue weighted by Crippen LogP contribution is 2.25. The maximum absolute atomic E-state index is 11.7. The molecule has 100 valence electrons. The summed E-state index contributed by atoms with van der Waals surface area (Å²) in [6.07, 6.45) is 1.01. The van der Waals surface area contributed by atoms with Gasteiger partial charge in [0, 0.05) is 22.8 Å². The average molecular weight is 315 g/mol. The van der Waals surface area contributed by atoms with E-state index in [1.807, 2.05) is 18.2 Å². The van der Waals surface area contributed by atoms with E-state index >= 15 is 0 Å². The van der Waals surface area contributed by atoms with Crippen molar-refractivity contribution in [2.75, 3.05) is 25.5 Å². The zero-order valence-electron chi connectivity index (χ0n) is 10.8. The van der Waals surface area contributed by atoms with Crippen LogP contribution in [0.15, 0.2) is 22.7 Å². The molecule has 18 heavy (non-hydrogen) atoms. The van der Waals surface area contributed by atoms with Crippen LogP contribution >= 0.6 is 15.9 Å². The molecule has 0 saturated heterocycles. The number of benzene rings is 1. The van der Waals surface area contributed by atoms with Gasteiger partial charge in [-0.15, -0.1) is 0 Å². The topological polar surface area (TPSA) is 50.4 Å².